The number of benzene rings is 3. The summed E-state index contributed by atoms with van der Waals surface area (Å²) in [7, 11) is -2.19. The van der Waals surface area contributed by atoms with Gasteiger partial charge in [0.25, 0.3) is 0 Å². The van der Waals surface area contributed by atoms with Gasteiger partial charge < -0.3 is 14.9 Å². The summed E-state index contributed by atoms with van der Waals surface area (Å²) in [5.74, 6) is -0.390. The van der Waals surface area contributed by atoms with Crippen LogP contribution in [0.1, 0.15) is 36.4 Å². The number of carbonyl (C=O) groups is 1. The van der Waals surface area contributed by atoms with Crippen LogP contribution in [0.4, 0.5) is 0 Å². The Kier molecular flexibility index (Phi) is 6.90. The number of carboxylic acid groups (broad SMARTS) is 1. The van der Waals surface area contributed by atoms with E-state index in [0.29, 0.717) is 18.6 Å². The van der Waals surface area contributed by atoms with Crippen molar-refractivity contribution >= 4 is 16.0 Å². The van der Waals surface area contributed by atoms with Crippen LogP contribution in [0.2, 0.25) is 0 Å². The van der Waals surface area contributed by atoms with E-state index in [4.69, 9.17) is 9.84 Å². The van der Waals surface area contributed by atoms with Crippen LogP contribution in [0.3, 0.4) is 0 Å². The van der Waals surface area contributed by atoms with Gasteiger partial charge in [0.15, 0.2) is 6.61 Å². The maximum absolute atomic E-state index is 13.5. The average molecular weight is 482 g/mol. The van der Waals surface area contributed by atoms with Gasteiger partial charge in [0.2, 0.25) is 10.0 Å². The zero-order valence-corrected chi connectivity index (χ0v) is 19.7. The Morgan fingerprint density at radius 3 is 2.29 bits per heavy atom. The number of aromatic hydroxyl groups is 1. The van der Waals surface area contributed by atoms with Crippen molar-refractivity contribution in [2.75, 3.05) is 13.7 Å². The quantitative estimate of drug-likeness (QED) is 0.478. The van der Waals surface area contributed by atoms with Gasteiger partial charge >= 0.3 is 5.97 Å². The van der Waals surface area contributed by atoms with Crippen LogP contribution in [0, 0.1) is 0 Å². The zero-order valence-electron chi connectivity index (χ0n) is 18.8. The topological polar surface area (TPSA) is 104 Å². The highest BCUT2D eigenvalue weighted by Crippen LogP contribution is 2.39. The Balaban J connectivity index is 1.63. The van der Waals surface area contributed by atoms with Crippen molar-refractivity contribution in [2.24, 2.45) is 0 Å². The predicted octanol–water partition coefficient (Wildman–Crippen LogP) is 4.61. The van der Waals surface area contributed by atoms with Gasteiger partial charge in [0.1, 0.15) is 11.5 Å². The molecule has 1 aliphatic carbocycles. The number of ether oxygens (including phenoxy) is 1. The number of carboxylic acids is 1. The fraction of sp³-hybridized carbons (Fsp3) is 0.269. The van der Waals surface area contributed by atoms with E-state index in [1.807, 2.05) is 6.07 Å². The summed E-state index contributed by atoms with van der Waals surface area (Å²) in [5.41, 5.74) is 3.45. The maximum atomic E-state index is 13.5. The van der Waals surface area contributed by atoms with E-state index in [1.54, 1.807) is 67.7 Å². The molecule has 1 atom stereocenters. The third kappa shape index (κ3) is 4.93. The molecule has 4 rings (SSSR count). The maximum Gasteiger partial charge on any atom is 0.341 e. The molecule has 8 heteroatoms. The van der Waals surface area contributed by atoms with Crippen molar-refractivity contribution in [2.45, 2.75) is 36.6 Å². The molecule has 1 unspecified atom stereocenters. The monoisotopic (exact) mass is 481 g/mol. The van der Waals surface area contributed by atoms with Gasteiger partial charge in [-0.25, -0.2) is 13.2 Å². The minimum atomic E-state index is -3.78. The minimum Gasteiger partial charge on any atom is -0.508 e. The molecule has 0 heterocycles. The third-order valence-electron chi connectivity index (χ3n) is 6.20. The highest BCUT2D eigenvalue weighted by Gasteiger charge is 2.32. The van der Waals surface area contributed by atoms with E-state index in [9.17, 15) is 18.3 Å². The highest BCUT2D eigenvalue weighted by atomic mass is 32.2. The molecule has 2 N–H and O–H groups in total. The molecule has 178 valence electrons. The molecular weight excluding hydrogens is 454 g/mol. The lowest BCUT2D eigenvalue weighted by molar-refractivity contribution is -0.139. The molecule has 0 aliphatic heterocycles. The first-order valence-electron chi connectivity index (χ1n) is 11.1. The number of fused-ring (bicyclic) bond motifs is 1. The number of phenols is 1. The molecule has 34 heavy (non-hydrogen) atoms. The van der Waals surface area contributed by atoms with E-state index in [2.05, 4.69) is 0 Å². The van der Waals surface area contributed by atoms with E-state index >= 15 is 0 Å². The fourth-order valence-electron chi connectivity index (χ4n) is 4.42. The van der Waals surface area contributed by atoms with Crippen LogP contribution in [0.25, 0.3) is 11.1 Å². The number of hydrogen-bond acceptors (Lipinski definition) is 5. The molecule has 7 nitrogen and oxygen atoms in total. The molecule has 1 aliphatic rings. The van der Waals surface area contributed by atoms with Gasteiger partial charge in [-0.2, -0.15) is 4.31 Å². The van der Waals surface area contributed by atoms with Gasteiger partial charge in [-0.05, 0) is 71.8 Å². The van der Waals surface area contributed by atoms with Gasteiger partial charge in [-0.1, -0.05) is 42.8 Å². The second kappa shape index (κ2) is 9.87. The Hall–Kier alpha value is -3.36. The first-order valence-corrected chi connectivity index (χ1v) is 12.6. The van der Waals surface area contributed by atoms with Gasteiger partial charge in [-0.3, -0.25) is 0 Å². The van der Waals surface area contributed by atoms with Crippen molar-refractivity contribution in [3.05, 3.63) is 77.9 Å². The molecule has 0 spiro atoms. The Morgan fingerprint density at radius 2 is 1.65 bits per heavy atom. The molecule has 0 aromatic heterocycles. The minimum absolute atomic E-state index is 0.171. The van der Waals surface area contributed by atoms with Crippen LogP contribution in [-0.4, -0.2) is 42.6 Å². The molecule has 0 fully saturated rings. The summed E-state index contributed by atoms with van der Waals surface area (Å²) in [5, 5.41) is 18.5. The Bertz CT molecular complexity index is 1270. The number of phenolic OH excluding ortho intramolecular Hbond substituents is 1. The number of hydrogen-bond donors (Lipinski definition) is 2. The lowest BCUT2D eigenvalue weighted by atomic mass is 9.98. The standard InChI is InChI=1S/C26H27NO6S/c1-27(24-7-3-2-5-23-22(24)6-4-8-25(23)33-17-26(29)30)34(31,32)21-15-11-19(12-16-21)18-9-13-20(28)14-10-18/h4,6,8-16,24,28H,2-3,5,7,17H2,1H3,(H,29,30). The van der Waals surface area contributed by atoms with Crippen molar-refractivity contribution in [1.29, 1.82) is 0 Å². The molecule has 0 amide bonds. The number of aliphatic carboxylic acids is 1. The first-order chi connectivity index (χ1) is 16.3. The molecule has 0 saturated carbocycles. The molecular formula is C26H27NO6S. The molecule has 0 saturated heterocycles. The van der Waals surface area contributed by atoms with Gasteiger partial charge in [0.05, 0.1) is 10.9 Å². The fourth-order valence-corrected chi connectivity index (χ4v) is 5.78. The predicted molar refractivity (Wildman–Crippen MR) is 128 cm³/mol. The second-order valence-corrected chi connectivity index (χ2v) is 10.4. The lowest BCUT2D eigenvalue weighted by Crippen LogP contribution is -2.31. The van der Waals surface area contributed by atoms with Gasteiger partial charge in [0, 0.05) is 7.05 Å². The summed E-state index contributed by atoms with van der Waals surface area (Å²) < 4.78 is 34.0. The number of nitrogens with zero attached hydrogens (tertiary/aromatic N) is 1. The molecule has 0 radical (unpaired) electrons. The smallest absolute Gasteiger partial charge is 0.341 e. The highest BCUT2D eigenvalue weighted by molar-refractivity contribution is 7.89. The van der Waals surface area contributed by atoms with Crippen molar-refractivity contribution in [3.63, 3.8) is 0 Å². The summed E-state index contributed by atoms with van der Waals surface area (Å²) in [6.45, 7) is -0.442. The van der Waals surface area contributed by atoms with E-state index in [-0.39, 0.29) is 16.7 Å². The van der Waals surface area contributed by atoms with E-state index in [1.165, 1.54) is 4.31 Å². The van der Waals surface area contributed by atoms with Crippen molar-refractivity contribution in [3.8, 4) is 22.6 Å². The largest absolute Gasteiger partial charge is 0.508 e. The summed E-state index contributed by atoms with van der Waals surface area (Å²) in [6, 6.07) is 18.5. The van der Waals surface area contributed by atoms with Crippen molar-refractivity contribution < 1.29 is 28.2 Å². The molecule has 0 bridgehead atoms. The number of sulfonamides is 1. The van der Waals surface area contributed by atoms with Crippen LogP contribution in [0.15, 0.2) is 71.6 Å². The molecule has 3 aromatic rings. The van der Waals surface area contributed by atoms with Crippen LogP contribution < -0.4 is 4.74 Å². The Labute approximate surface area is 199 Å². The summed E-state index contributed by atoms with van der Waals surface area (Å²) >= 11 is 0. The number of rotatable bonds is 7. The van der Waals surface area contributed by atoms with Crippen LogP contribution >= 0.6 is 0 Å². The molecule has 3 aromatic carbocycles. The van der Waals surface area contributed by atoms with E-state index in [0.717, 1.165) is 35.1 Å². The third-order valence-corrected chi connectivity index (χ3v) is 8.09. The van der Waals surface area contributed by atoms with Crippen LogP contribution in [-0.2, 0) is 21.2 Å². The SMILES string of the molecule is CN(C1CCCCc2c(OCC(=O)O)cccc21)S(=O)(=O)c1ccc(-c2ccc(O)cc2)cc1. The second-order valence-electron chi connectivity index (χ2n) is 8.36. The summed E-state index contributed by atoms with van der Waals surface area (Å²) in [6.07, 6.45) is 3.08. The average Bonchev–Trinajstić information content (AvgIpc) is 3.05. The van der Waals surface area contributed by atoms with Crippen molar-refractivity contribution in [1.82, 2.24) is 4.31 Å². The first kappa shape index (κ1) is 23.8. The van der Waals surface area contributed by atoms with E-state index < -0.39 is 22.6 Å². The Morgan fingerprint density at radius 1 is 1.00 bits per heavy atom. The normalized spacial score (nSPS) is 16.0. The van der Waals surface area contributed by atoms with Gasteiger partial charge in [-0.15, -0.1) is 0 Å². The van der Waals surface area contributed by atoms with Crippen LogP contribution in [0.5, 0.6) is 11.5 Å². The lowest BCUT2D eigenvalue weighted by Gasteiger charge is -2.28. The zero-order chi connectivity index (χ0) is 24.3. The summed E-state index contributed by atoms with van der Waals surface area (Å²) in [4.78, 5) is 11.2.